The van der Waals surface area contributed by atoms with Gasteiger partial charge >= 0.3 is 0 Å². The molecule has 0 bridgehead atoms. The third-order valence-corrected chi connectivity index (χ3v) is 4.44. The van der Waals surface area contributed by atoms with Crippen LogP contribution in [0.25, 0.3) is 0 Å². The lowest BCUT2D eigenvalue weighted by Gasteiger charge is -2.15. The fraction of sp³-hybridized carbons (Fsp3) is 0.400. The second-order valence-corrected chi connectivity index (χ2v) is 6.45. The van der Waals surface area contributed by atoms with Gasteiger partial charge in [-0.15, -0.1) is 6.58 Å². The molecule has 0 heterocycles. The smallest absolute Gasteiger partial charge is 0.241 e. The summed E-state index contributed by atoms with van der Waals surface area (Å²) in [6, 6.07) is 3.70. The van der Waals surface area contributed by atoms with E-state index in [4.69, 9.17) is 4.74 Å². The molecule has 1 atom stereocenters. The number of nitrogens with one attached hydrogen (secondary N) is 2. The van der Waals surface area contributed by atoms with Gasteiger partial charge in [-0.2, -0.15) is 4.72 Å². The first kappa shape index (κ1) is 18.2. The maximum atomic E-state index is 12.3. The molecular formula is C15H22N2O4S. The molecule has 22 heavy (non-hydrogen) atoms. The van der Waals surface area contributed by atoms with Crippen LogP contribution in [0.4, 0.5) is 0 Å². The SMILES string of the molecule is C=CCNC(=O)[C@@H](C)NS(=O)(=O)c1ccc(OCC)c(C)c1. The molecule has 0 aromatic heterocycles. The summed E-state index contributed by atoms with van der Waals surface area (Å²) >= 11 is 0. The molecule has 122 valence electrons. The number of hydrogen-bond acceptors (Lipinski definition) is 4. The lowest BCUT2D eigenvalue weighted by atomic mass is 10.2. The maximum absolute atomic E-state index is 12.3. The van der Waals surface area contributed by atoms with Crippen LogP contribution in [0.2, 0.25) is 0 Å². The van der Waals surface area contributed by atoms with Gasteiger partial charge in [0.15, 0.2) is 0 Å². The second kappa shape index (κ2) is 7.95. The van der Waals surface area contributed by atoms with Crippen LogP contribution in [0.5, 0.6) is 5.75 Å². The minimum absolute atomic E-state index is 0.0943. The van der Waals surface area contributed by atoms with E-state index in [0.717, 1.165) is 0 Å². The van der Waals surface area contributed by atoms with Crippen LogP contribution < -0.4 is 14.8 Å². The Morgan fingerprint density at radius 3 is 2.68 bits per heavy atom. The minimum atomic E-state index is -3.78. The van der Waals surface area contributed by atoms with Crippen LogP contribution in [-0.4, -0.2) is 33.5 Å². The van der Waals surface area contributed by atoms with Crippen LogP contribution >= 0.6 is 0 Å². The Balaban J connectivity index is 2.88. The van der Waals surface area contributed by atoms with E-state index >= 15 is 0 Å². The highest BCUT2D eigenvalue weighted by atomic mass is 32.2. The summed E-state index contributed by atoms with van der Waals surface area (Å²) < 4.78 is 32.3. The largest absolute Gasteiger partial charge is 0.494 e. The first-order valence-corrected chi connectivity index (χ1v) is 8.44. The van der Waals surface area contributed by atoms with E-state index in [9.17, 15) is 13.2 Å². The molecule has 1 aromatic rings. The molecule has 0 saturated heterocycles. The predicted molar refractivity (Wildman–Crippen MR) is 85.3 cm³/mol. The highest BCUT2D eigenvalue weighted by Gasteiger charge is 2.22. The summed E-state index contributed by atoms with van der Waals surface area (Å²) in [6.07, 6.45) is 1.52. The lowest BCUT2D eigenvalue weighted by molar-refractivity contribution is -0.122. The van der Waals surface area contributed by atoms with Crippen LogP contribution in [0.15, 0.2) is 35.7 Å². The molecule has 0 aliphatic rings. The van der Waals surface area contributed by atoms with Crippen molar-refractivity contribution in [1.29, 1.82) is 0 Å². The van der Waals surface area contributed by atoms with Crippen molar-refractivity contribution in [2.75, 3.05) is 13.2 Å². The van der Waals surface area contributed by atoms with Gasteiger partial charge in [-0.05, 0) is 44.5 Å². The summed E-state index contributed by atoms with van der Waals surface area (Å²) in [7, 11) is -3.78. The van der Waals surface area contributed by atoms with Gasteiger partial charge in [0, 0.05) is 6.54 Å². The molecule has 0 saturated carbocycles. The molecule has 0 unspecified atom stereocenters. The molecule has 2 N–H and O–H groups in total. The summed E-state index contributed by atoms with van der Waals surface area (Å²) in [6.45, 7) is 9.38. The number of carbonyl (C=O) groups excluding carboxylic acids is 1. The number of sulfonamides is 1. The third-order valence-electron chi connectivity index (χ3n) is 2.90. The number of hydrogen-bond donors (Lipinski definition) is 2. The Bertz CT molecular complexity index is 641. The van der Waals surface area contributed by atoms with E-state index in [1.807, 2.05) is 6.92 Å². The Labute approximate surface area is 131 Å². The fourth-order valence-electron chi connectivity index (χ4n) is 1.79. The van der Waals surface area contributed by atoms with Crippen LogP contribution in [-0.2, 0) is 14.8 Å². The average molecular weight is 326 g/mol. The van der Waals surface area contributed by atoms with Gasteiger partial charge in [0.2, 0.25) is 15.9 Å². The third kappa shape index (κ3) is 4.85. The fourth-order valence-corrected chi connectivity index (χ4v) is 3.07. The number of aryl methyl sites for hydroxylation is 1. The Morgan fingerprint density at radius 1 is 1.45 bits per heavy atom. The van der Waals surface area contributed by atoms with Crippen molar-refractivity contribution >= 4 is 15.9 Å². The normalized spacial score (nSPS) is 12.5. The van der Waals surface area contributed by atoms with E-state index in [1.165, 1.54) is 25.1 Å². The maximum Gasteiger partial charge on any atom is 0.241 e. The van der Waals surface area contributed by atoms with Gasteiger partial charge in [0.25, 0.3) is 0 Å². The van der Waals surface area contributed by atoms with Gasteiger partial charge in [-0.1, -0.05) is 6.08 Å². The van der Waals surface area contributed by atoms with Crippen LogP contribution in [0.3, 0.4) is 0 Å². The molecule has 1 amide bonds. The molecule has 0 radical (unpaired) electrons. The van der Waals surface area contributed by atoms with E-state index in [1.54, 1.807) is 13.0 Å². The zero-order valence-electron chi connectivity index (χ0n) is 13.0. The van der Waals surface area contributed by atoms with Crippen molar-refractivity contribution in [3.8, 4) is 5.75 Å². The van der Waals surface area contributed by atoms with Gasteiger partial charge in [-0.3, -0.25) is 4.79 Å². The standard InChI is InChI=1S/C15H22N2O4S/c1-5-9-16-15(18)12(4)17-22(19,20)13-7-8-14(21-6-2)11(3)10-13/h5,7-8,10,12,17H,1,6,9H2,2-4H3,(H,16,18)/t12-/m1/s1. The van der Waals surface area contributed by atoms with Crippen LogP contribution in [0, 0.1) is 6.92 Å². The molecular weight excluding hydrogens is 304 g/mol. The number of rotatable bonds is 8. The molecule has 0 fully saturated rings. The molecule has 1 rings (SSSR count). The molecule has 1 aromatic carbocycles. The summed E-state index contributed by atoms with van der Waals surface area (Å²) in [4.78, 5) is 11.8. The molecule has 7 heteroatoms. The molecule has 6 nitrogen and oxygen atoms in total. The van der Waals surface area contributed by atoms with Crippen molar-refractivity contribution in [1.82, 2.24) is 10.0 Å². The minimum Gasteiger partial charge on any atom is -0.494 e. The molecule has 0 spiro atoms. The average Bonchev–Trinajstić information content (AvgIpc) is 2.46. The summed E-state index contributed by atoms with van der Waals surface area (Å²) in [5, 5.41) is 2.54. The van der Waals surface area contributed by atoms with Crippen molar-refractivity contribution in [3.05, 3.63) is 36.4 Å². The number of ether oxygens (including phenoxy) is 1. The van der Waals surface area contributed by atoms with Gasteiger partial charge in [0.05, 0.1) is 17.5 Å². The zero-order valence-corrected chi connectivity index (χ0v) is 13.9. The van der Waals surface area contributed by atoms with Gasteiger partial charge in [-0.25, -0.2) is 8.42 Å². The number of carbonyl (C=O) groups is 1. The zero-order chi connectivity index (χ0) is 16.8. The van der Waals surface area contributed by atoms with Gasteiger partial charge < -0.3 is 10.1 Å². The Hall–Kier alpha value is -1.86. The Morgan fingerprint density at radius 2 is 2.14 bits per heavy atom. The van der Waals surface area contributed by atoms with Crippen molar-refractivity contribution in [2.45, 2.75) is 31.7 Å². The van der Waals surface area contributed by atoms with E-state index in [2.05, 4.69) is 16.6 Å². The molecule has 0 aliphatic carbocycles. The van der Waals surface area contributed by atoms with Gasteiger partial charge in [0.1, 0.15) is 5.75 Å². The van der Waals surface area contributed by atoms with E-state index in [-0.39, 0.29) is 11.4 Å². The number of amides is 1. The highest BCUT2D eigenvalue weighted by molar-refractivity contribution is 7.89. The van der Waals surface area contributed by atoms with Crippen molar-refractivity contribution < 1.29 is 17.9 Å². The highest BCUT2D eigenvalue weighted by Crippen LogP contribution is 2.21. The van der Waals surface area contributed by atoms with Crippen LogP contribution in [0.1, 0.15) is 19.4 Å². The summed E-state index contributed by atoms with van der Waals surface area (Å²) in [5.41, 5.74) is 0.716. The lowest BCUT2D eigenvalue weighted by Crippen LogP contribution is -2.44. The van der Waals surface area contributed by atoms with E-state index < -0.39 is 22.0 Å². The van der Waals surface area contributed by atoms with Crippen molar-refractivity contribution in [3.63, 3.8) is 0 Å². The Kier molecular flexibility index (Phi) is 6.58. The van der Waals surface area contributed by atoms with E-state index in [0.29, 0.717) is 17.9 Å². The second-order valence-electron chi connectivity index (χ2n) is 4.74. The quantitative estimate of drug-likeness (QED) is 0.707. The summed E-state index contributed by atoms with van der Waals surface area (Å²) in [5.74, 6) is 0.226. The monoisotopic (exact) mass is 326 g/mol. The molecule has 0 aliphatic heterocycles. The number of benzene rings is 1. The predicted octanol–water partition coefficient (Wildman–Crippen LogP) is 1.36. The first-order valence-electron chi connectivity index (χ1n) is 6.96. The topological polar surface area (TPSA) is 84.5 Å². The first-order chi connectivity index (χ1) is 10.3. The van der Waals surface area contributed by atoms with Crippen molar-refractivity contribution in [2.24, 2.45) is 0 Å².